The number of primary amides is 1. The summed E-state index contributed by atoms with van der Waals surface area (Å²) in [5.74, 6) is -0.297. The van der Waals surface area contributed by atoms with Gasteiger partial charge in [0.15, 0.2) is 0 Å². The van der Waals surface area contributed by atoms with E-state index in [4.69, 9.17) is 23.1 Å². The van der Waals surface area contributed by atoms with Gasteiger partial charge in [0.2, 0.25) is 5.91 Å². The van der Waals surface area contributed by atoms with E-state index < -0.39 is 11.4 Å². The van der Waals surface area contributed by atoms with Crippen molar-refractivity contribution in [2.24, 2.45) is 17.4 Å². The lowest BCUT2D eigenvalue weighted by Gasteiger charge is -2.25. The maximum atomic E-state index is 11.3. The van der Waals surface area contributed by atoms with E-state index in [0.29, 0.717) is 11.6 Å². The zero-order valence-corrected chi connectivity index (χ0v) is 8.94. The lowest BCUT2D eigenvalue weighted by atomic mass is 9.94. The molecule has 0 spiro atoms. The number of carbonyl (C=O) groups excluding carboxylic acids is 1. The van der Waals surface area contributed by atoms with Crippen LogP contribution in [0.2, 0.25) is 5.02 Å². The second-order valence-corrected chi connectivity index (χ2v) is 4.47. The van der Waals surface area contributed by atoms with Crippen molar-refractivity contribution in [3.05, 3.63) is 17.4 Å². The van der Waals surface area contributed by atoms with Crippen LogP contribution in [0.15, 0.2) is 12.4 Å². The number of carbonyl (C=O) groups is 1. The third-order valence-corrected chi connectivity index (χ3v) is 2.99. The molecular weight excluding hydrogens is 216 g/mol. The monoisotopic (exact) mass is 228 g/mol. The van der Waals surface area contributed by atoms with Crippen LogP contribution in [0.5, 0.6) is 0 Å². The molecule has 82 valence electrons. The van der Waals surface area contributed by atoms with Gasteiger partial charge in [-0.3, -0.25) is 9.48 Å². The zero-order valence-electron chi connectivity index (χ0n) is 8.19. The minimum absolute atomic E-state index is 0.179. The first-order valence-corrected chi connectivity index (χ1v) is 5.17. The van der Waals surface area contributed by atoms with Crippen molar-refractivity contribution in [3.63, 3.8) is 0 Å². The van der Waals surface area contributed by atoms with E-state index in [2.05, 4.69) is 5.10 Å². The van der Waals surface area contributed by atoms with Gasteiger partial charge in [-0.2, -0.15) is 5.10 Å². The minimum Gasteiger partial charge on any atom is -0.368 e. The summed E-state index contributed by atoms with van der Waals surface area (Å²) in [5, 5.41) is 4.52. The number of halogens is 1. The van der Waals surface area contributed by atoms with Crippen LogP contribution < -0.4 is 11.5 Å². The molecule has 1 saturated carbocycles. The Bertz CT molecular complexity index is 387. The molecule has 1 unspecified atom stereocenters. The summed E-state index contributed by atoms with van der Waals surface area (Å²) in [7, 11) is 0. The molecule has 1 fully saturated rings. The molecule has 1 aliphatic carbocycles. The molecule has 2 rings (SSSR count). The number of rotatable bonds is 4. The van der Waals surface area contributed by atoms with E-state index in [-0.39, 0.29) is 5.92 Å². The van der Waals surface area contributed by atoms with Gasteiger partial charge in [-0.1, -0.05) is 11.6 Å². The minimum atomic E-state index is -0.991. The highest BCUT2D eigenvalue weighted by molar-refractivity contribution is 6.30. The van der Waals surface area contributed by atoms with E-state index in [1.165, 1.54) is 6.20 Å². The molecule has 0 radical (unpaired) electrons. The molecule has 0 aliphatic heterocycles. The first-order valence-electron chi connectivity index (χ1n) is 4.79. The molecular formula is C9H13ClN4O. The van der Waals surface area contributed by atoms with E-state index in [0.717, 1.165) is 12.8 Å². The largest absolute Gasteiger partial charge is 0.368 e. The average molecular weight is 229 g/mol. The molecule has 1 heterocycles. The Hall–Kier alpha value is -1.07. The summed E-state index contributed by atoms with van der Waals surface area (Å²) in [6, 6.07) is 0. The molecule has 0 bridgehead atoms. The summed E-state index contributed by atoms with van der Waals surface area (Å²) in [4.78, 5) is 11.3. The Morgan fingerprint density at radius 2 is 2.40 bits per heavy atom. The van der Waals surface area contributed by atoms with Crippen molar-refractivity contribution in [3.8, 4) is 0 Å². The molecule has 6 heteroatoms. The molecule has 1 aromatic heterocycles. The second kappa shape index (κ2) is 3.50. The highest BCUT2D eigenvalue weighted by atomic mass is 35.5. The lowest BCUT2D eigenvalue weighted by molar-refractivity contribution is -0.124. The fourth-order valence-electron chi connectivity index (χ4n) is 1.70. The first kappa shape index (κ1) is 10.4. The normalized spacial score (nSPS) is 19.9. The molecule has 1 aliphatic rings. The molecule has 4 N–H and O–H groups in total. The summed E-state index contributed by atoms with van der Waals surface area (Å²) in [6.45, 7) is 0.291. The maximum absolute atomic E-state index is 11.3. The quantitative estimate of drug-likeness (QED) is 0.768. The molecule has 0 aromatic carbocycles. The Kier molecular flexibility index (Phi) is 2.44. The van der Waals surface area contributed by atoms with Gasteiger partial charge in [0, 0.05) is 6.20 Å². The van der Waals surface area contributed by atoms with Crippen molar-refractivity contribution >= 4 is 17.5 Å². The summed E-state index contributed by atoms with van der Waals surface area (Å²) in [6.07, 6.45) is 5.05. The summed E-state index contributed by atoms with van der Waals surface area (Å²) >= 11 is 5.72. The Morgan fingerprint density at radius 1 is 1.73 bits per heavy atom. The van der Waals surface area contributed by atoms with Crippen LogP contribution >= 0.6 is 11.6 Å². The van der Waals surface area contributed by atoms with Crippen LogP contribution in [0, 0.1) is 5.92 Å². The fraction of sp³-hybridized carbons (Fsp3) is 0.556. The maximum Gasteiger partial charge on any atom is 0.239 e. The van der Waals surface area contributed by atoms with Crippen molar-refractivity contribution in [1.29, 1.82) is 0 Å². The predicted octanol–water partition coefficient (Wildman–Crippen LogP) is 0.129. The molecule has 1 atom stereocenters. The molecule has 15 heavy (non-hydrogen) atoms. The van der Waals surface area contributed by atoms with Gasteiger partial charge in [0.1, 0.15) is 5.54 Å². The van der Waals surface area contributed by atoms with Crippen molar-refractivity contribution in [2.45, 2.75) is 24.9 Å². The van der Waals surface area contributed by atoms with Crippen LogP contribution in [0.25, 0.3) is 0 Å². The van der Waals surface area contributed by atoms with Gasteiger partial charge < -0.3 is 11.5 Å². The van der Waals surface area contributed by atoms with E-state index in [1.807, 2.05) is 0 Å². The predicted molar refractivity (Wildman–Crippen MR) is 56.1 cm³/mol. The molecule has 5 nitrogen and oxygen atoms in total. The van der Waals surface area contributed by atoms with E-state index in [1.54, 1.807) is 10.9 Å². The van der Waals surface area contributed by atoms with Crippen LogP contribution in [-0.2, 0) is 11.3 Å². The highest BCUT2D eigenvalue weighted by Gasteiger charge is 2.47. The number of nitrogens with two attached hydrogens (primary N) is 2. The van der Waals surface area contributed by atoms with Gasteiger partial charge in [-0.05, 0) is 18.8 Å². The standard InChI is InChI=1S/C9H13ClN4O/c10-7-3-13-14(4-7)5-9(12,8(11)15)6-1-2-6/h3-4,6H,1-2,5,12H2,(H2,11,15). The molecule has 1 aromatic rings. The second-order valence-electron chi connectivity index (χ2n) is 4.04. The Morgan fingerprint density at radius 3 is 2.80 bits per heavy atom. The lowest BCUT2D eigenvalue weighted by Crippen LogP contribution is -2.56. The molecule has 0 saturated heterocycles. The van der Waals surface area contributed by atoms with Crippen LogP contribution in [-0.4, -0.2) is 21.2 Å². The van der Waals surface area contributed by atoms with Gasteiger partial charge >= 0.3 is 0 Å². The van der Waals surface area contributed by atoms with Crippen LogP contribution in [0.1, 0.15) is 12.8 Å². The number of aromatic nitrogens is 2. The van der Waals surface area contributed by atoms with Crippen molar-refractivity contribution < 1.29 is 4.79 Å². The SMILES string of the molecule is NC(=O)C(N)(Cn1cc(Cl)cn1)C1CC1. The van der Waals surface area contributed by atoms with Crippen molar-refractivity contribution in [2.75, 3.05) is 0 Å². The first-order chi connectivity index (χ1) is 7.02. The average Bonchev–Trinajstić information content (AvgIpc) is 2.92. The summed E-state index contributed by atoms with van der Waals surface area (Å²) in [5.41, 5.74) is 10.3. The summed E-state index contributed by atoms with van der Waals surface area (Å²) < 4.78 is 1.56. The van der Waals surface area contributed by atoms with Gasteiger partial charge in [-0.15, -0.1) is 0 Å². The number of amides is 1. The number of hydrogen-bond donors (Lipinski definition) is 2. The topological polar surface area (TPSA) is 86.9 Å². The smallest absolute Gasteiger partial charge is 0.239 e. The zero-order chi connectivity index (χ0) is 11.1. The third kappa shape index (κ3) is 1.98. The van der Waals surface area contributed by atoms with Crippen LogP contribution in [0.4, 0.5) is 0 Å². The van der Waals surface area contributed by atoms with Crippen molar-refractivity contribution in [1.82, 2.24) is 9.78 Å². The Balaban J connectivity index is 2.16. The third-order valence-electron chi connectivity index (χ3n) is 2.79. The molecule has 1 amide bonds. The highest BCUT2D eigenvalue weighted by Crippen LogP contribution is 2.39. The van der Waals surface area contributed by atoms with Gasteiger partial charge in [0.25, 0.3) is 0 Å². The van der Waals surface area contributed by atoms with Crippen LogP contribution in [0.3, 0.4) is 0 Å². The fourth-order valence-corrected chi connectivity index (χ4v) is 1.86. The van der Waals surface area contributed by atoms with Gasteiger partial charge in [-0.25, -0.2) is 0 Å². The van der Waals surface area contributed by atoms with E-state index in [9.17, 15) is 4.79 Å². The number of hydrogen-bond acceptors (Lipinski definition) is 3. The van der Waals surface area contributed by atoms with Gasteiger partial charge in [0.05, 0.1) is 17.8 Å². The number of nitrogens with zero attached hydrogens (tertiary/aromatic N) is 2. The Labute approximate surface area is 92.4 Å². The van der Waals surface area contributed by atoms with E-state index >= 15 is 0 Å².